The summed E-state index contributed by atoms with van der Waals surface area (Å²) in [6.07, 6.45) is 3.30. The largest absolute Gasteiger partial charge is 0.486 e. The van der Waals surface area contributed by atoms with Crippen molar-refractivity contribution in [3.63, 3.8) is 0 Å². The Hall–Kier alpha value is -3.15. The number of hydrogen-bond donors (Lipinski definition) is 1. The Balaban J connectivity index is 1.46. The van der Waals surface area contributed by atoms with Crippen LogP contribution in [0.3, 0.4) is 0 Å². The van der Waals surface area contributed by atoms with Gasteiger partial charge in [-0.2, -0.15) is 0 Å². The van der Waals surface area contributed by atoms with E-state index in [1.165, 1.54) is 6.08 Å². The summed E-state index contributed by atoms with van der Waals surface area (Å²) in [7, 11) is 0. The van der Waals surface area contributed by atoms with Gasteiger partial charge in [0.15, 0.2) is 23.0 Å². The fraction of sp³-hybridized carbons (Fsp3) is 0.318. The Labute approximate surface area is 164 Å². The highest BCUT2D eigenvalue weighted by Crippen LogP contribution is 2.35. The summed E-state index contributed by atoms with van der Waals surface area (Å²) < 4.78 is 21.9. The molecule has 4 rings (SSSR count). The maximum Gasteiger partial charge on any atom is 0.244 e. The van der Waals surface area contributed by atoms with E-state index in [2.05, 4.69) is 19.2 Å². The fourth-order valence-electron chi connectivity index (χ4n) is 3.28. The minimum atomic E-state index is -0.161. The predicted molar refractivity (Wildman–Crippen MR) is 105 cm³/mol. The topological polar surface area (TPSA) is 66.0 Å². The van der Waals surface area contributed by atoms with E-state index in [1.807, 2.05) is 36.4 Å². The molecular weight excluding hydrogens is 358 g/mol. The van der Waals surface area contributed by atoms with E-state index in [-0.39, 0.29) is 24.7 Å². The van der Waals surface area contributed by atoms with Crippen LogP contribution in [-0.4, -0.2) is 25.9 Å². The van der Waals surface area contributed by atoms with E-state index in [0.29, 0.717) is 19.0 Å². The SMILES string of the molecule is CC(C)C(NC(=O)/C=C/c1ccc2c(c1)OCO2)c1ccc2c(c1)OCCO2. The number of amides is 1. The quantitative estimate of drug-likeness (QED) is 0.800. The predicted octanol–water partition coefficient (Wildman–Crippen LogP) is 3.71. The number of fused-ring (bicyclic) bond motifs is 2. The van der Waals surface area contributed by atoms with Crippen LogP contribution in [0.15, 0.2) is 42.5 Å². The van der Waals surface area contributed by atoms with Gasteiger partial charge in [0, 0.05) is 6.08 Å². The number of nitrogens with one attached hydrogen (secondary N) is 1. The second kappa shape index (κ2) is 7.84. The monoisotopic (exact) mass is 381 g/mol. The van der Waals surface area contributed by atoms with Gasteiger partial charge in [0.25, 0.3) is 0 Å². The molecule has 0 bridgehead atoms. The van der Waals surface area contributed by atoms with Crippen molar-refractivity contribution in [2.24, 2.45) is 5.92 Å². The summed E-state index contributed by atoms with van der Waals surface area (Å²) in [5.74, 6) is 2.93. The number of carbonyl (C=O) groups is 1. The van der Waals surface area contributed by atoms with E-state index >= 15 is 0 Å². The minimum Gasteiger partial charge on any atom is -0.486 e. The molecule has 0 saturated carbocycles. The van der Waals surface area contributed by atoms with Crippen LogP contribution < -0.4 is 24.3 Å². The Bertz CT molecular complexity index is 906. The van der Waals surface area contributed by atoms with Crippen molar-refractivity contribution in [2.75, 3.05) is 20.0 Å². The first-order chi connectivity index (χ1) is 13.6. The average Bonchev–Trinajstić information content (AvgIpc) is 3.18. The van der Waals surface area contributed by atoms with Gasteiger partial charge < -0.3 is 24.3 Å². The molecule has 1 amide bonds. The summed E-state index contributed by atoms with van der Waals surface area (Å²) in [4.78, 5) is 12.5. The maximum atomic E-state index is 12.5. The molecule has 6 heteroatoms. The van der Waals surface area contributed by atoms with E-state index < -0.39 is 0 Å². The van der Waals surface area contributed by atoms with Crippen molar-refractivity contribution in [3.05, 3.63) is 53.6 Å². The van der Waals surface area contributed by atoms with Crippen LogP contribution in [0, 0.1) is 5.92 Å². The molecule has 6 nitrogen and oxygen atoms in total. The minimum absolute atomic E-state index is 0.135. The molecule has 2 heterocycles. The third-order valence-corrected chi connectivity index (χ3v) is 4.71. The molecule has 2 aromatic rings. The van der Waals surface area contributed by atoms with Crippen LogP contribution in [0.1, 0.15) is 31.0 Å². The van der Waals surface area contributed by atoms with Gasteiger partial charge in [0.1, 0.15) is 13.2 Å². The van der Waals surface area contributed by atoms with Gasteiger partial charge in [-0.25, -0.2) is 0 Å². The van der Waals surface area contributed by atoms with Crippen LogP contribution in [0.4, 0.5) is 0 Å². The Morgan fingerprint density at radius 2 is 1.61 bits per heavy atom. The fourth-order valence-corrected chi connectivity index (χ4v) is 3.28. The number of ether oxygens (including phenoxy) is 4. The van der Waals surface area contributed by atoms with Crippen LogP contribution >= 0.6 is 0 Å². The first-order valence-corrected chi connectivity index (χ1v) is 9.38. The number of benzene rings is 2. The zero-order valence-corrected chi connectivity index (χ0v) is 15.9. The molecule has 0 aromatic heterocycles. The van der Waals surface area contributed by atoms with E-state index in [0.717, 1.165) is 28.4 Å². The van der Waals surface area contributed by atoms with Gasteiger partial charge in [-0.15, -0.1) is 0 Å². The third-order valence-electron chi connectivity index (χ3n) is 4.71. The molecule has 0 fully saturated rings. The summed E-state index contributed by atoms with van der Waals surface area (Å²) >= 11 is 0. The summed E-state index contributed by atoms with van der Waals surface area (Å²) in [6, 6.07) is 11.3. The van der Waals surface area contributed by atoms with E-state index in [4.69, 9.17) is 18.9 Å². The van der Waals surface area contributed by atoms with E-state index in [1.54, 1.807) is 6.08 Å². The molecule has 0 saturated heterocycles. The standard InChI is InChI=1S/C22H23NO5/c1-14(2)22(16-5-7-17-20(12-16)26-10-9-25-17)23-21(24)8-4-15-3-6-18-19(11-15)28-13-27-18/h3-8,11-12,14,22H,9-10,13H2,1-2H3,(H,23,24)/b8-4+. The Morgan fingerprint density at radius 1 is 0.929 bits per heavy atom. The van der Waals surface area contributed by atoms with Crippen molar-refractivity contribution in [2.45, 2.75) is 19.9 Å². The van der Waals surface area contributed by atoms with Crippen LogP contribution in [0.25, 0.3) is 6.08 Å². The zero-order chi connectivity index (χ0) is 19.5. The van der Waals surface area contributed by atoms with Crippen molar-refractivity contribution in [3.8, 4) is 23.0 Å². The number of hydrogen-bond acceptors (Lipinski definition) is 5. The average molecular weight is 381 g/mol. The Kier molecular flexibility index (Phi) is 5.10. The lowest BCUT2D eigenvalue weighted by atomic mass is 9.95. The normalized spacial score (nSPS) is 15.7. The van der Waals surface area contributed by atoms with Crippen molar-refractivity contribution in [1.82, 2.24) is 5.32 Å². The first kappa shape index (κ1) is 18.2. The highest BCUT2D eigenvalue weighted by Gasteiger charge is 2.21. The number of rotatable bonds is 5. The van der Waals surface area contributed by atoms with Gasteiger partial charge >= 0.3 is 0 Å². The smallest absolute Gasteiger partial charge is 0.244 e. The van der Waals surface area contributed by atoms with E-state index in [9.17, 15) is 4.79 Å². The molecule has 0 spiro atoms. The molecule has 1 unspecified atom stereocenters. The lowest BCUT2D eigenvalue weighted by Gasteiger charge is -2.25. The lowest BCUT2D eigenvalue weighted by Crippen LogP contribution is -2.30. The molecule has 1 atom stereocenters. The van der Waals surface area contributed by atoms with Crippen LogP contribution in [0.5, 0.6) is 23.0 Å². The molecule has 0 aliphatic carbocycles. The molecule has 28 heavy (non-hydrogen) atoms. The molecule has 146 valence electrons. The highest BCUT2D eigenvalue weighted by atomic mass is 16.7. The van der Waals surface area contributed by atoms with Gasteiger partial charge in [0.05, 0.1) is 6.04 Å². The van der Waals surface area contributed by atoms with Gasteiger partial charge in [0.2, 0.25) is 12.7 Å². The second-order valence-corrected chi connectivity index (χ2v) is 7.08. The Morgan fingerprint density at radius 3 is 2.43 bits per heavy atom. The molecule has 2 aliphatic heterocycles. The second-order valence-electron chi connectivity index (χ2n) is 7.08. The number of carbonyl (C=O) groups excluding carboxylic acids is 1. The summed E-state index contributed by atoms with van der Waals surface area (Å²) in [5, 5.41) is 3.08. The molecule has 0 radical (unpaired) electrons. The van der Waals surface area contributed by atoms with Crippen LogP contribution in [0.2, 0.25) is 0 Å². The third kappa shape index (κ3) is 3.91. The molecule has 1 N–H and O–H groups in total. The highest BCUT2D eigenvalue weighted by molar-refractivity contribution is 5.92. The van der Waals surface area contributed by atoms with Gasteiger partial charge in [-0.05, 0) is 47.4 Å². The van der Waals surface area contributed by atoms with Gasteiger partial charge in [-0.1, -0.05) is 26.0 Å². The lowest BCUT2D eigenvalue weighted by molar-refractivity contribution is -0.117. The maximum absolute atomic E-state index is 12.5. The van der Waals surface area contributed by atoms with Gasteiger partial charge in [-0.3, -0.25) is 4.79 Å². The van der Waals surface area contributed by atoms with Crippen molar-refractivity contribution < 1.29 is 23.7 Å². The molecular formula is C22H23NO5. The van der Waals surface area contributed by atoms with Crippen LogP contribution in [-0.2, 0) is 4.79 Å². The van der Waals surface area contributed by atoms with Crippen molar-refractivity contribution in [1.29, 1.82) is 0 Å². The summed E-state index contributed by atoms with van der Waals surface area (Å²) in [5.41, 5.74) is 1.86. The zero-order valence-electron chi connectivity index (χ0n) is 15.9. The summed E-state index contributed by atoms with van der Waals surface area (Å²) in [6.45, 7) is 5.47. The van der Waals surface area contributed by atoms with Crippen molar-refractivity contribution >= 4 is 12.0 Å². The first-order valence-electron chi connectivity index (χ1n) is 9.38. The molecule has 2 aliphatic rings. The molecule has 2 aromatic carbocycles.